The van der Waals surface area contributed by atoms with Crippen LogP contribution in [0, 0.1) is 0 Å². The Morgan fingerprint density at radius 1 is 1.56 bits per heavy atom. The number of hydrogen-bond donors (Lipinski definition) is 1. The van der Waals surface area contributed by atoms with E-state index in [0.717, 1.165) is 0 Å². The Bertz CT molecular complexity index is 103. The van der Waals surface area contributed by atoms with Gasteiger partial charge in [-0.25, -0.2) is 8.78 Å². The Kier molecular flexibility index (Phi) is 1.70. The van der Waals surface area contributed by atoms with E-state index in [-0.39, 0.29) is 18.9 Å². The number of hydrogen-bond acceptors (Lipinski definition) is 1. The van der Waals surface area contributed by atoms with E-state index in [1.807, 2.05) is 0 Å². The maximum atomic E-state index is 12.3. The third-order valence-electron chi connectivity index (χ3n) is 1.81. The van der Waals surface area contributed by atoms with Crippen LogP contribution < -0.4 is 5.32 Å². The van der Waals surface area contributed by atoms with E-state index in [9.17, 15) is 8.78 Å². The molecule has 0 aromatic rings. The number of rotatable bonds is 1. The van der Waals surface area contributed by atoms with E-state index in [0.29, 0.717) is 6.42 Å². The Labute approximate surface area is 53.4 Å². The first kappa shape index (κ1) is 6.93. The minimum Gasteiger partial charge on any atom is -0.317 e. The maximum absolute atomic E-state index is 12.3. The van der Waals surface area contributed by atoms with Gasteiger partial charge in [0.15, 0.2) is 0 Å². The summed E-state index contributed by atoms with van der Waals surface area (Å²) in [6, 6.07) is 0.0417. The molecule has 0 radical (unpaired) electrons. The van der Waals surface area contributed by atoms with Gasteiger partial charge in [-0.15, -0.1) is 0 Å². The average molecular weight is 135 g/mol. The molecule has 0 aliphatic heterocycles. The van der Waals surface area contributed by atoms with Crippen molar-refractivity contribution in [3.05, 3.63) is 0 Å². The highest BCUT2D eigenvalue weighted by Crippen LogP contribution is 2.34. The van der Waals surface area contributed by atoms with Gasteiger partial charge in [-0.3, -0.25) is 0 Å². The van der Waals surface area contributed by atoms with Crippen LogP contribution in [0.5, 0.6) is 0 Å². The van der Waals surface area contributed by atoms with Gasteiger partial charge in [0.1, 0.15) is 0 Å². The van der Waals surface area contributed by atoms with Gasteiger partial charge < -0.3 is 5.32 Å². The van der Waals surface area contributed by atoms with Crippen molar-refractivity contribution in [2.45, 2.75) is 31.2 Å². The lowest BCUT2D eigenvalue weighted by Crippen LogP contribution is -2.23. The topological polar surface area (TPSA) is 12.0 Å². The van der Waals surface area contributed by atoms with Gasteiger partial charge in [0.2, 0.25) is 5.92 Å². The van der Waals surface area contributed by atoms with Gasteiger partial charge in [-0.05, 0) is 13.5 Å². The zero-order valence-electron chi connectivity index (χ0n) is 5.45. The molecule has 1 N–H and O–H groups in total. The molecule has 1 rings (SSSR count). The van der Waals surface area contributed by atoms with Crippen molar-refractivity contribution in [1.29, 1.82) is 0 Å². The molecule has 1 atom stereocenters. The van der Waals surface area contributed by atoms with Gasteiger partial charge in [-0.1, -0.05) is 0 Å². The lowest BCUT2D eigenvalue weighted by molar-refractivity contribution is 0.00715. The Morgan fingerprint density at radius 3 is 2.44 bits per heavy atom. The monoisotopic (exact) mass is 135 g/mol. The van der Waals surface area contributed by atoms with Crippen LogP contribution >= 0.6 is 0 Å². The second-order valence-corrected chi connectivity index (χ2v) is 2.58. The van der Waals surface area contributed by atoms with Crippen LogP contribution in [0.1, 0.15) is 19.3 Å². The molecule has 0 aromatic heterocycles. The Balaban J connectivity index is 2.38. The zero-order chi connectivity index (χ0) is 6.91. The van der Waals surface area contributed by atoms with Crippen LogP contribution in [-0.4, -0.2) is 19.0 Å². The Morgan fingerprint density at radius 2 is 2.22 bits per heavy atom. The fourth-order valence-corrected chi connectivity index (χ4v) is 1.20. The van der Waals surface area contributed by atoms with Gasteiger partial charge in [0, 0.05) is 18.9 Å². The molecule has 0 bridgehead atoms. The summed E-state index contributed by atoms with van der Waals surface area (Å²) in [6.45, 7) is 0. The summed E-state index contributed by atoms with van der Waals surface area (Å²) in [5.41, 5.74) is 0. The van der Waals surface area contributed by atoms with Crippen molar-refractivity contribution in [1.82, 2.24) is 5.32 Å². The first-order valence-corrected chi connectivity index (χ1v) is 3.19. The van der Waals surface area contributed by atoms with E-state index in [1.165, 1.54) is 0 Å². The van der Waals surface area contributed by atoms with Crippen molar-refractivity contribution < 1.29 is 8.78 Å². The highest BCUT2D eigenvalue weighted by Gasteiger charge is 2.38. The molecular formula is C6H11F2N. The molecule has 3 heteroatoms. The van der Waals surface area contributed by atoms with Gasteiger partial charge in [0.25, 0.3) is 0 Å². The van der Waals surface area contributed by atoms with Gasteiger partial charge >= 0.3 is 0 Å². The van der Waals surface area contributed by atoms with E-state index >= 15 is 0 Å². The number of alkyl halides is 2. The molecule has 1 aliphatic rings. The summed E-state index contributed by atoms with van der Waals surface area (Å²) < 4.78 is 24.7. The number of nitrogens with one attached hydrogen (secondary N) is 1. The molecule has 1 fully saturated rings. The second-order valence-electron chi connectivity index (χ2n) is 2.58. The molecule has 1 aliphatic carbocycles. The van der Waals surface area contributed by atoms with Crippen molar-refractivity contribution in [2.24, 2.45) is 0 Å². The minimum absolute atomic E-state index is 0.0174. The van der Waals surface area contributed by atoms with E-state index in [1.54, 1.807) is 7.05 Å². The summed E-state index contributed by atoms with van der Waals surface area (Å²) in [7, 11) is 1.73. The molecule has 0 amide bonds. The second kappa shape index (κ2) is 2.21. The third-order valence-corrected chi connectivity index (χ3v) is 1.81. The maximum Gasteiger partial charge on any atom is 0.249 e. The van der Waals surface area contributed by atoms with Crippen LogP contribution in [0.4, 0.5) is 8.78 Å². The predicted molar refractivity (Wildman–Crippen MR) is 31.6 cm³/mol. The van der Waals surface area contributed by atoms with Gasteiger partial charge in [-0.2, -0.15) is 0 Å². The third kappa shape index (κ3) is 1.61. The predicted octanol–water partition coefficient (Wildman–Crippen LogP) is 1.39. The summed E-state index contributed by atoms with van der Waals surface area (Å²) in [5, 5.41) is 2.84. The van der Waals surface area contributed by atoms with Crippen LogP contribution in [0.25, 0.3) is 0 Å². The quantitative estimate of drug-likeness (QED) is 0.573. The molecule has 0 aromatic carbocycles. The summed E-state index contributed by atoms with van der Waals surface area (Å²) >= 11 is 0. The SMILES string of the molecule is CN[C@@H]1CCC(F)(F)C1. The van der Waals surface area contributed by atoms with Crippen molar-refractivity contribution >= 4 is 0 Å². The standard InChI is InChI=1S/C6H11F2N/c1-9-5-2-3-6(7,8)4-5/h5,9H,2-4H2,1H3/t5-/m1/s1. The molecule has 0 unspecified atom stereocenters. The summed E-state index contributed by atoms with van der Waals surface area (Å²) in [4.78, 5) is 0. The molecule has 9 heavy (non-hydrogen) atoms. The molecule has 0 saturated heterocycles. The average Bonchev–Trinajstić information content (AvgIpc) is 2.10. The summed E-state index contributed by atoms with van der Waals surface area (Å²) in [6.07, 6.45) is 0.686. The fourth-order valence-electron chi connectivity index (χ4n) is 1.20. The molecule has 54 valence electrons. The highest BCUT2D eigenvalue weighted by molar-refractivity contribution is 4.84. The first-order valence-electron chi connectivity index (χ1n) is 3.19. The van der Waals surface area contributed by atoms with E-state index in [4.69, 9.17) is 0 Å². The van der Waals surface area contributed by atoms with Gasteiger partial charge in [0.05, 0.1) is 0 Å². The lowest BCUT2D eigenvalue weighted by Gasteiger charge is -2.07. The van der Waals surface area contributed by atoms with Crippen LogP contribution in [0.3, 0.4) is 0 Å². The first-order chi connectivity index (χ1) is 4.14. The van der Waals surface area contributed by atoms with Crippen molar-refractivity contribution in [2.75, 3.05) is 7.05 Å². The normalized spacial score (nSPS) is 33.0. The molecule has 1 saturated carbocycles. The van der Waals surface area contributed by atoms with E-state index < -0.39 is 5.92 Å². The highest BCUT2D eigenvalue weighted by atomic mass is 19.3. The Hall–Kier alpha value is -0.180. The fraction of sp³-hybridized carbons (Fsp3) is 1.00. The van der Waals surface area contributed by atoms with Crippen LogP contribution in [0.15, 0.2) is 0 Å². The summed E-state index contributed by atoms with van der Waals surface area (Å²) in [5.74, 6) is -2.40. The molecular weight excluding hydrogens is 124 g/mol. The van der Waals surface area contributed by atoms with Crippen LogP contribution in [0.2, 0.25) is 0 Å². The van der Waals surface area contributed by atoms with Crippen molar-refractivity contribution in [3.63, 3.8) is 0 Å². The molecule has 1 nitrogen and oxygen atoms in total. The smallest absolute Gasteiger partial charge is 0.249 e. The molecule has 0 spiro atoms. The van der Waals surface area contributed by atoms with E-state index in [2.05, 4.69) is 5.32 Å². The largest absolute Gasteiger partial charge is 0.317 e. The lowest BCUT2D eigenvalue weighted by atomic mass is 10.2. The number of halogens is 2. The zero-order valence-corrected chi connectivity index (χ0v) is 5.45. The minimum atomic E-state index is -2.40. The van der Waals surface area contributed by atoms with Crippen molar-refractivity contribution in [3.8, 4) is 0 Å². The molecule has 0 heterocycles. The van der Waals surface area contributed by atoms with Crippen LogP contribution in [-0.2, 0) is 0 Å².